The summed E-state index contributed by atoms with van der Waals surface area (Å²) in [4.78, 5) is 19.0. The third-order valence-electron chi connectivity index (χ3n) is 4.59. The van der Waals surface area contributed by atoms with Crippen LogP contribution in [0.25, 0.3) is 0 Å². The molecule has 1 unspecified atom stereocenters. The van der Waals surface area contributed by atoms with Gasteiger partial charge in [-0.2, -0.15) is 4.37 Å². The van der Waals surface area contributed by atoms with Crippen LogP contribution in [0.15, 0.2) is 0 Å². The van der Waals surface area contributed by atoms with Gasteiger partial charge in [-0.05, 0) is 25.2 Å². The summed E-state index contributed by atoms with van der Waals surface area (Å²) >= 11 is 1.44. The maximum atomic E-state index is 12.4. The first-order chi connectivity index (χ1) is 10.6. The number of nitrogens with one attached hydrogen (secondary N) is 1. The van der Waals surface area contributed by atoms with Gasteiger partial charge in [-0.15, -0.1) is 0 Å². The van der Waals surface area contributed by atoms with Crippen LogP contribution in [-0.2, 0) is 11.2 Å². The second-order valence-corrected chi connectivity index (χ2v) is 7.76. The van der Waals surface area contributed by atoms with Crippen molar-refractivity contribution in [1.82, 2.24) is 14.3 Å². The lowest BCUT2D eigenvalue weighted by Crippen LogP contribution is -2.35. The van der Waals surface area contributed by atoms with Gasteiger partial charge in [0.2, 0.25) is 11.0 Å². The van der Waals surface area contributed by atoms with Crippen LogP contribution in [-0.4, -0.2) is 39.3 Å². The number of hydrogen-bond acceptors (Lipinski definition) is 5. The quantitative estimate of drug-likeness (QED) is 0.905. The van der Waals surface area contributed by atoms with E-state index in [1.54, 1.807) is 0 Å². The van der Waals surface area contributed by atoms with Crippen molar-refractivity contribution < 1.29 is 4.79 Å². The van der Waals surface area contributed by atoms with Crippen LogP contribution in [0.4, 0.5) is 5.13 Å². The average Bonchev–Trinajstić information content (AvgIpc) is 3.19. The number of hydrogen-bond donors (Lipinski definition) is 1. The largest absolute Gasteiger partial charge is 0.356 e. The molecule has 0 spiro atoms. The van der Waals surface area contributed by atoms with Gasteiger partial charge in [0.15, 0.2) is 0 Å². The minimum absolute atomic E-state index is 0.290. The molecule has 1 saturated carbocycles. The number of carbonyl (C=O) groups excluding carboxylic acids is 1. The summed E-state index contributed by atoms with van der Waals surface area (Å²) in [5.41, 5.74) is 0. The molecule has 0 radical (unpaired) electrons. The van der Waals surface area contributed by atoms with Crippen molar-refractivity contribution >= 4 is 22.6 Å². The highest BCUT2D eigenvalue weighted by atomic mass is 32.1. The molecule has 6 heteroatoms. The van der Waals surface area contributed by atoms with Crippen LogP contribution < -0.4 is 5.32 Å². The van der Waals surface area contributed by atoms with Crippen LogP contribution in [0.1, 0.15) is 51.8 Å². The number of rotatable bonds is 5. The minimum atomic E-state index is 0.290. The fraction of sp³-hybridized carbons (Fsp3) is 0.812. The molecule has 1 aromatic heterocycles. The molecule has 1 aromatic rings. The molecule has 1 amide bonds. The molecule has 0 bridgehead atoms. The monoisotopic (exact) mass is 322 g/mol. The van der Waals surface area contributed by atoms with Gasteiger partial charge in [0, 0.05) is 43.0 Å². The number of likely N-dealkylation sites (tertiary alicyclic amines) is 1. The highest BCUT2D eigenvalue weighted by molar-refractivity contribution is 7.09. The van der Waals surface area contributed by atoms with E-state index in [0.29, 0.717) is 17.9 Å². The first kappa shape index (κ1) is 15.7. The van der Waals surface area contributed by atoms with Crippen molar-refractivity contribution in [2.45, 2.75) is 58.4 Å². The fourth-order valence-electron chi connectivity index (χ4n) is 3.44. The van der Waals surface area contributed by atoms with Gasteiger partial charge in [-0.3, -0.25) is 4.79 Å². The summed E-state index contributed by atoms with van der Waals surface area (Å²) in [5.74, 6) is 2.17. The number of amides is 1. The van der Waals surface area contributed by atoms with Crippen molar-refractivity contribution in [1.29, 1.82) is 0 Å². The van der Waals surface area contributed by atoms with E-state index in [4.69, 9.17) is 0 Å². The van der Waals surface area contributed by atoms with Gasteiger partial charge in [-0.1, -0.05) is 26.7 Å². The molecule has 2 aliphatic rings. The Hall–Kier alpha value is -1.17. The Morgan fingerprint density at radius 3 is 2.86 bits per heavy atom. The molecule has 122 valence electrons. The molecule has 2 heterocycles. The van der Waals surface area contributed by atoms with E-state index in [9.17, 15) is 4.79 Å². The highest BCUT2D eigenvalue weighted by Gasteiger charge is 2.32. The fourth-order valence-corrected chi connectivity index (χ4v) is 4.12. The Morgan fingerprint density at radius 1 is 1.36 bits per heavy atom. The van der Waals surface area contributed by atoms with Gasteiger partial charge in [-0.25, -0.2) is 4.98 Å². The van der Waals surface area contributed by atoms with Gasteiger partial charge in [0.05, 0.1) is 0 Å². The maximum absolute atomic E-state index is 12.4. The summed E-state index contributed by atoms with van der Waals surface area (Å²) in [6.07, 6.45) is 6.54. The second kappa shape index (κ2) is 6.94. The summed E-state index contributed by atoms with van der Waals surface area (Å²) < 4.78 is 4.40. The first-order valence-electron chi connectivity index (χ1n) is 8.49. The van der Waals surface area contributed by atoms with Crippen molar-refractivity contribution in [3.63, 3.8) is 0 Å². The SMILES string of the molecule is CC(C)Cc1nsc(NC2CCN(C(=O)C3CCCC3)C2)n1. The van der Waals surface area contributed by atoms with Gasteiger partial charge in [0.25, 0.3) is 0 Å². The summed E-state index contributed by atoms with van der Waals surface area (Å²) in [6, 6.07) is 0.324. The normalized spacial score (nSPS) is 22.7. The van der Waals surface area contributed by atoms with E-state index in [1.807, 2.05) is 4.90 Å². The zero-order valence-electron chi connectivity index (χ0n) is 13.5. The van der Waals surface area contributed by atoms with Crippen molar-refractivity contribution in [3.05, 3.63) is 5.82 Å². The predicted molar refractivity (Wildman–Crippen MR) is 89.0 cm³/mol. The Kier molecular flexibility index (Phi) is 4.96. The number of anilines is 1. The molecular weight excluding hydrogens is 296 g/mol. The van der Waals surface area contributed by atoms with Crippen LogP contribution in [0.5, 0.6) is 0 Å². The zero-order valence-corrected chi connectivity index (χ0v) is 14.4. The number of carbonyl (C=O) groups is 1. The van der Waals surface area contributed by atoms with Gasteiger partial charge in [0.1, 0.15) is 5.82 Å². The molecule has 22 heavy (non-hydrogen) atoms. The van der Waals surface area contributed by atoms with Crippen molar-refractivity contribution in [2.24, 2.45) is 11.8 Å². The van der Waals surface area contributed by atoms with Gasteiger partial charge < -0.3 is 10.2 Å². The van der Waals surface area contributed by atoms with Gasteiger partial charge >= 0.3 is 0 Å². The van der Waals surface area contributed by atoms with Crippen molar-refractivity contribution in [2.75, 3.05) is 18.4 Å². The third kappa shape index (κ3) is 3.77. The van der Waals surface area contributed by atoms with Crippen LogP contribution in [0, 0.1) is 11.8 Å². The molecule has 5 nitrogen and oxygen atoms in total. The average molecular weight is 322 g/mol. The van der Waals surface area contributed by atoms with E-state index in [2.05, 4.69) is 28.5 Å². The highest BCUT2D eigenvalue weighted by Crippen LogP contribution is 2.28. The molecule has 1 atom stereocenters. The Morgan fingerprint density at radius 2 is 2.14 bits per heavy atom. The van der Waals surface area contributed by atoms with E-state index in [1.165, 1.54) is 24.4 Å². The third-order valence-corrected chi connectivity index (χ3v) is 5.27. The Balaban J connectivity index is 1.50. The van der Waals surface area contributed by atoms with Crippen LogP contribution in [0.2, 0.25) is 0 Å². The number of nitrogens with zero attached hydrogens (tertiary/aromatic N) is 3. The molecule has 2 fully saturated rings. The molecular formula is C16H26N4OS. The topological polar surface area (TPSA) is 58.1 Å². The lowest BCUT2D eigenvalue weighted by Gasteiger charge is -2.20. The maximum Gasteiger partial charge on any atom is 0.225 e. The Labute approximate surface area is 136 Å². The first-order valence-corrected chi connectivity index (χ1v) is 9.27. The lowest BCUT2D eigenvalue weighted by molar-refractivity contribution is -0.134. The summed E-state index contributed by atoms with van der Waals surface area (Å²) in [6.45, 7) is 6.05. The predicted octanol–water partition coefficient (Wildman–Crippen LogP) is 2.94. The van der Waals surface area contributed by atoms with Crippen LogP contribution in [0.3, 0.4) is 0 Å². The minimum Gasteiger partial charge on any atom is -0.356 e. The Bertz CT molecular complexity index is 510. The summed E-state index contributed by atoms with van der Waals surface area (Å²) in [7, 11) is 0. The van der Waals surface area contributed by atoms with E-state index < -0.39 is 0 Å². The molecule has 3 rings (SSSR count). The molecule has 1 N–H and O–H groups in total. The zero-order chi connectivity index (χ0) is 15.5. The van der Waals surface area contributed by atoms with Crippen molar-refractivity contribution in [3.8, 4) is 0 Å². The van der Waals surface area contributed by atoms with E-state index in [-0.39, 0.29) is 5.92 Å². The molecule has 1 saturated heterocycles. The molecule has 0 aromatic carbocycles. The molecule has 1 aliphatic heterocycles. The molecule has 1 aliphatic carbocycles. The van der Waals surface area contributed by atoms with Crippen LogP contribution >= 0.6 is 11.5 Å². The standard InChI is InChI=1S/C16H26N4OS/c1-11(2)9-14-18-16(22-19-14)17-13-7-8-20(10-13)15(21)12-5-3-4-6-12/h11-13H,3-10H2,1-2H3,(H,17,18,19). The van der Waals surface area contributed by atoms with E-state index in [0.717, 1.165) is 49.7 Å². The lowest BCUT2D eigenvalue weighted by atomic mass is 10.1. The summed E-state index contributed by atoms with van der Waals surface area (Å²) in [5, 5.41) is 4.36. The van der Waals surface area contributed by atoms with E-state index >= 15 is 0 Å². The number of aromatic nitrogens is 2. The smallest absolute Gasteiger partial charge is 0.225 e. The second-order valence-electron chi connectivity index (χ2n) is 7.01.